The molecule has 17 heavy (non-hydrogen) atoms. The van der Waals surface area contributed by atoms with Crippen molar-refractivity contribution in [3.05, 3.63) is 33.3 Å². The van der Waals surface area contributed by atoms with Crippen molar-refractivity contribution in [2.75, 3.05) is 0 Å². The van der Waals surface area contributed by atoms with Gasteiger partial charge in [0.1, 0.15) is 0 Å². The van der Waals surface area contributed by atoms with E-state index in [0.717, 1.165) is 10.9 Å². The van der Waals surface area contributed by atoms with Gasteiger partial charge in [-0.15, -0.1) is 0 Å². The summed E-state index contributed by atoms with van der Waals surface area (Å²) < 4.78 is 0.852. The van der Waals surface area contributed by atoms with Crippen LogP contribution < -0.4 is 5.32 Å². The summed E-state index contributed by atoms with van der Waals surface area (Å²) in [5.41, 5.74) is 0.514. The molecule has 1 N–H and O–H groups in total. The first-order valence-corrected chi connectivity index (χ1v) is 6.88. The summed E-state index contributed by atoms with van der Waals surface area (Å²) >= 11 is 9.35. The normalized spacial score (nSPS) is 12.6. The average molecular weight is 319 g/mol. The number of carbonyl (C=O) groups excluding carboxylic acids is 1. The summed E-state index contributed by atoms with van der Waals surface area (Å²) in [5.74, 6) is 0.298. The summed E-state index contributed by atoms with van der Waals surface area (Å²) in [5, 5.41) is 3.48. The van der Waals surface area contributed by atoms with Gasteiger partial charge in [-0.3, -0.25) is 4.79 Å². The lowest BCUT2D eigenvalue weighted by molar-refractivity contribution is 0.0924. The number of benzene rings is 1. The fourth-order valence-corrected chi connectivity index (χ4v) is 2.22. The maximum absolute atomic E-state index is 12.1. The molecule has 0 bridgehead atoms. The van der Waals surface area contributed by atoms with Crippen LogP contribution in [0.15, 0.2) is 22.7 Å². The van der Waals surface area contributed by atoms with Crippen LogP contribution in [0.2, 0.25) is 5.02 Å². The number of hydrogen-bond donors (Lipinski definition) is 1. The summed E-state index contributed by atoms with van der Waals surface area (Å²) in [6, 6.07) is 5.46. The minimum Gasteiger partial charge on any atom is -0.349 e. The zero-order valence-corrected chi connectivity index (χ0v) is 12.6. The summed E-state index contributed by atoms with van der Waals surface area (Å²) in [6.07, 6.45) is 0.912. The van der Waals surface area contributed by atoms with Gasteiger partial charge >= 0.3 is 0 Å². The quantitative estimate of drug-likeness (QED) is 0.882. The second kappa shape index (κ2) is 6.41. The van der Waals surface area contributed by atoms with Crippen LogP contribution in [0, 0.1) is 5.92 Å². The van der Waals surface area contributed by atoms with Crippen molar-refractivity contribution in [1.82, 2.24) is 5.32 Å². The molecule has 1 unspecified atom stereocenters. The van der Waals surface area contributed by atoms with Crippen LogP contribution in [-0.4, -0.2) is 11.9 Å². The zero-order chi connectivity index (χ0) is 13.0. The summed E-state index contributed by atoms with van der Waals surface area (Å²) in [7, 11) is 0. The minimum atomic E-state index is -0.114. The van der Waals surface area contributed by atoms with Gasteiger partial charge in [0.05, 0.1) is 10.6 Å². The molecule has 1 atom stereocenters. The minimum absolute atomic E-state index is 0.114. The predicted octanol–water partition coefficient (Wildman–Crippen LogP) is 4.27. The van der Waals surface area contributed by atoms with Crippen LogP contribution in [0.1, 0.15) is 37.6 Å². The van der Waals surface area contributed by atoms with Crippen LogP contribution in [0.4, 0.5) is 0 Å². The molecule has 0 aromatic heterocycles. The number of amides is 1. The summed E-state index contributed by atoms with van der Waals surface area (Å²) in [4.78, 5) is 12.1. The highest BCUT2D eigenvalue weighted by Crippen LogP contribution is 2.21. The van der Waals surface area contributed by atoms with Crippen molar-refractivity contribution in [1.29, 1.82) is 0 Å². The highest BCUT2D eigenvalue weighted by Gasteiger charge is 2.17. The lowest BCUT2D eigenvalue weighted by atomic mass is 10.0. The van der Waals surface area contributed by atoms with Crippen molar-refractivity contribution < 1.29 is 4.79 Å². The third-order valence-electron chi connectivity index (χ3n) is 2.73. The number of rotatable bonds is 4. The first-order chi connectivity index (χ1) is 7.95. The van der Waals surface area contributed by atoms with Gasteiger partial charge in [0.2, 0.25) is 0 Å². The van der Waals surface area contributed by atoms with Crippen molar-refractivity contribution in [2.24, 2.45) is 5.92 Å². The number of nitrogens with one attached hydrogen (secondary N) is 1. The van der Waals surface area contributed by atoms with E-state index in [2.05, 4.69) is 42.0 Å². The molecule has 0 radical (unpaired) electrons. The molecule has 94 valence electrons. The zero-order valence-electron chi connectivity index (χ0n) is 10.3. The number of halogens is 2. The molecule has 0 aliphatic heterocycles. The number of hydrogen-bond acceptors (Lipinski definition) is 1. The maximum Gasteiger partial charge on any atom is 0.253 e. The first-order valence-electron chi connectivity index (χ1n) is 5.71. The Hall–Kier alpha value is -0.540. The third kappa shape index (κ3) is 4.00. The Labute approximate surface area is 116 Å². The second-order valence-corrected chi connectivity index (χ2v) is 5.68. The van der Waals surface area contributed by atoms with Gasteiger partial charge in [0, 0.05) is 10.5 Å². The van der Waals surface area contributed by atoms with E-state index >= 15 is 0 Å². The molecule has 1 amide bonds. The molecule has 0 spiro atoms. The lowest BCUT2D eigenvalue weighted by Gasteiger charge is -2.21. The van der Waals surface area contributed by atoms with E-state index < -0.39 is 0 Å². The third-order valence-corrected chi connectivity index (χ3v) is 3.56. The Kier molecular flexibility index (Phi) is 5.47. The van der Waals surface area contributed by atoms with Crippen molar-refractivity contribution in [3.63, 3.8) is 0 Å². The molecule has 1 aromatic rings. The van der Waals surface area contributed by atoms with Gasteiger partial charge in [-0.05, 0) is 30.5 Å². The van der Waals surface area contributed by atoms with E-state index in [9.17, 15) is 4.79 Å². The molecular formula is C13H17BrClNO. The van der Waals surface area contributed by atoms with E-state index in [-0.39, 0.29) is 11.9 Å². The fraction of sp³-hybridized carbons (Fsp3) is 0.462. The molecule has 2 nitrogen and oxygen atoms in total. The fourth-order valence-electron chi connectivity index (χ4n) is 1.66. The standard InChI is InChI=1S/C13H17BrClNO/c1-4-12(8(2)3)16-13(17)10-7-9(14)5-6-11(10)15/h5-8,12H,4H2,1-3H3,(H,16,17). The van der Waals surface area contributed by atoms with Crippen LogP contribution in [0.3, 0.4) is 0 Å². The molecule has 1 aromatic carbocycles. The van der Waals surface area contributed by atoms with Crippen molar-refractivity contribution in [3.8, 4) is 0 Å². The number of carbonyl (C=O) groups is 1. The Morgan fingerprint density at radius 1 is 1.47 bits per heavy atom. The van der Waals surface area contributed by atoms with Gasteiger partial charge in [-0.25, -0.2) is 0 Å². The molecule has 0 saturated heterocycles. The van der Waals surface area contributed by atoms with Crippen LogP contribution >= 0.6 is 27.5 Å². The van der Waals surface area contributed by atoms with Crippen molar-refractivity contribution in [2.45, 2.75) is 33.2 Å². The van der Waals surface area contributed by atoms with Crippen LogP contribution in [-0.2, 0) is 0 Å². The molecule has 0 fully saturated rings. The highest BCUT2D eigenvalue weighted by atomic mass is 79.9. The van der Waals surface area contributed by atoms with E-state index in [1.165, 1.54) is 0 Å². The molecule has 1 rings (SSSR count). The van der Waals surface area contributed by atoms with Gasteiger partial charge in [-0.2, -0.15) is 0 Å². The van der Waals surface area contributed by atoms with E-state index in [4.69, 9.17) is 11.6 Å². The van der Waals surface area contributed by atoms with Gasteiger partial charge < -0.3 is 5.32 Å². The Morgan fingerprint density at radius 2 is 2.12 bits per heavy atom. The smallest absolute Gasteiger partial charge is 0.253 e. The maximum atomic E-state index is 12.1. The van der Waals surface area contributed by atoms with E-state index in [1.807, 2.05) is 6.07 Å². The van der Waals surface area contributed by atoms with Crippen LogP contribution in [0.25, 0.3) is 0 Å². The van der Waals surface area contributed by atoms with Gasteiger partial charge in [0.25, 0.3) is 5.91 Å². The van der Waals surface area contributed by atoms with E-state index in [0.29, 0.717) is 16.5 Å². The monoisotopic (exact) mass is 317 g/mol. The SMILES string of the molecule is CCC(NC(=O)c1cc(Br)ccc1Cl)C(C)C. The Balaban J connectivity index is 2.86. The highest BCUT2D eigenvalue weighted by molar-refractivity contribution is 9.10. The van der Waals surface area contributed by atoms with Crippen molar-refractivity contribution >= 4 is 33.4 Å². The van der Waals surface area contributed by atoms with Crippen LogP contribution in [0.5, 0.6) is 0 Å². The average Bonchev–Trinajstić information content (AvgIpc) is 2.28. The molecule has 0 saturated carbocycles. The largest absolute Gasteiger partial charge is 0.349 e. The Bertz CT molecular complexity index is 406. The topological polar surface area (TPSA) is 29.1 Å². The summed E-state index contributed by atoms with van der Waals surface area (Å²) in [6.45, 7) is 6.25. The Morgan fingerprint density at radius 3 is 2.65 bits per heavy atom. The molecular weight excluding hydrogens is 302 g/mol. The second-order valence-electron chi connectivity index (χ2n) is 4.36. The van der Waals surface area contributed by atoms with Gasteiger partial charge in [-0.1, -0.05) is 48.3 Å². The first kappa shape index (κ1) is 14.5. The molecule has 0 aliphatic rings. The van der Waals surface area contributed by atoms with Gasteiger partial charge in [0.15, 0.2) is 0 Å². The lowest BCUT2D eigenvalue weighted by Crippen LogP contribution is -2.38. The molecule has 0 heterocycles. The van der Waals surface area contributed by atoms with E-state index in [1.54, 1.807) is 12.1 Å². The molecule has 0 aliphatic carbocycles. The predicted molar refractivity (Wildman–Crippen MR) is 75.5 cm³/mol. The molecule has 4 heteroatoms.